The van der Waals surface area contributed by atoms with Gasteiger partial charge < -0.3 is 15.0 Å². The highest BCUT2D eigenvalue weighted by Gasteiger charge is 2.31. The molecule has 33 heavy (non-hydrogen) atoms. The molecule has 0 radical (unpaired) electrons. The highest BCUT2D eigenvalue weighted by Crippen LogP contribution is 2.21. The molecule has 2 amide bonds. The number of carbonyl (C=O) groups is 2. The van der Waals surface area contributed by atoms with Crippen molar-refractivity contribution < 1.29 is 22.7 Å². The molecule has 2 aromatic carbocycles. The van der Waals surface area contributed by atoms with Gasteiger partial charge in [-0.15, -0.1) is 0 Å². The van der Waals surface area contributed by atoms with Gasteiger partial charge in [0.25, 0.3) is 0 Å². The number of nitrogens with one attached hydrogen (secondary N) is 1. The van der Waals surface area contributed by atoms with Gasteiger partial charge in [-0.1, -0.05) is 31.2 Å². The van der Waals surface area contributed by atoms with Crippen LogP contribution in [-0.2, 0) is 26.2 Å². The molecule has 0 aliphatic rings. The molecule has 0 aromatic heterocycles. The van der Waals surface area contributed by atoms with Crippen molar-refractivity contribution in [3.05, 3.63) is 59.7 Å². The number of methoxy groups -OCH3 is 1. The van der Waals surface area contributed by atoms with Crippen molar-refractivity contribution >= 4 is 27.5 Å². The summed E-state index contributed by atoms with van der Waals surface area (Å²) in [5.41, 5.74) is 2.04. The summed E-state index contributed by atoms with van der Waals surface area (Å²) < 4.78 is 31.5. The lowest BCUT2D eigenvalue weighted by Gasteiger charge is -2.33. The molecule has 0 aliphatic heterocycles. The normalized spacial score (nSPS) is 12.0. The molecule has 9 heteroatoms. The fourth-order valence-corrected chi connectivity index (χ4v) is 4.42. The zero-order valence-corrected chi connectivity index (χ0v) is 20.7. The lowest BCUT2D eigenvalue weighted by Crippen LogP contribution is -2.52. The fraction of sp³-hybridized carbons (Fsp3) is 0.417. The molecule has 8 nitrogen and oxygen atoms in total. The smallest absolute Gasteiger partial charge is 0.244 e. The minimum absolute atomic E-state index is 0.136. The van der Waals surface area contributed by atoms with Crippen molar-refractivity contribution in [2.24, 2.45) is 0 Å². The summed E-state index contributed by atoms with van der Waals surface area (Å²) >= 11 is 0. The first kappa shape index (κ1) is 26.2. The van der Waals surface area contributed by atoms with Gasteiger partial charge in [0.1, 0.15) is 18.3 Å². The third kappa shape index (κ3) is 7.21. The summed E-state index contributed by atoms with van der Waals surface area (Å²) in [6, 6.07) is 13.4. The minimum atomic E-state index is -3.74. The van der Waals surface area contributed by atoms with Gasteiger partial charge in [0.2, 0.25) is 21.8 Å². The molecule has 0 spiro atoms. The number of likely N-dealkylation sites (N-methyl/N-ethyl adjacent to an activating group) is 1. The van der Waals surface area contributed by atoms with Crippen LogP contribution in [0.15, 0.2) is 48.5 Å². The van der Waals surface area contributed by atoms with Crippen LogP contribution >= 0.6 is 0 Å². The average molecular weight is 476 g/mol. The highest BCUT2D eigenvalue weighted by atomic mass is 32.2. The zero-order chi connectivity index (χ0) is 24.6. The number of rotatable bonds is 11. The van der Waals surface area contributed by atoms with Crippen molar-refractivity contribution in [1.29, 1.82) is 0 Å². The van der Waals surface area contributed by atoms with Crippen molar-refractivity contribution in [3.63, 3.8) is 0 Å². The Morgan fingerprint density at radius 1 is 1.09 bits per heavy atom. The van der Waals surface area contributed by atoms with E-state index in [4.69, 9.17) is 4.74 Å². The number of benzene rings is 2. The van der Waals surface area contributed by atoms with Gasteiger partial charge in [-0.2, -0.15) is 0 Å². The van der Waals surface area contributed by atoms with E-state index in [1.165, 1.54) is 4.90 Å². The first-order valence-electron chi connectivity index (χ1n) is 10.8. The number of ether oxygens (including phenoxy) is 1. The Morgan fingerprint density at radius 2 is 1.79 bits per heavy atom. The molecular formula is C24H33N3O5S. The third-order valence-corrected chi connectivity index (χ3v) is 6.33. The SMILES string of the molecule is CCNC(=O)[C@H](CC)N(Cc1cccc(OC)c1)C(=O)CN(c1cccc(C)c1)S(C)(=O)=O. The predicted octanol–water partition coefficient (Wildman–Crippen LogP) is 2.71. The maximum absolute atomic E-state index is 13.5. The summed E-state index contributed by atoms with van der Waals surface area (Å²) in [6.45, 7) is 5.63. The summed E-state index contributed by atoms with van der Waals surface area (Å²) in [4.78, 5) is 27.7. The Balaban J connectivity index is 2.44. The van der Waals surface area contributed by atoms with Crippen LogP contribution in [0.2, 0.25) is 0 Å². The van der Waals surface area contributed by atoms with Crippen LogP contribution in [0.4, 0.5) is 5.69 Å². The second-order valence-corrected chi connectivity index (χ2v) is 9.71. The molecule has 0 saturated carbocycles. The average Bonchev–Trinajstić information content (AvgIpc) is 2.76. The molecule has 1 atom stereocenters. The van der Waals surface area contributed by atoms with E-state index in [0.717, 1.165) is 21.7 Å². The van der Waals surface area contributed by atoms with Gasteiger partial charge >= 0.3 is 0 Å². The topological polar surface area (TPSA) is 96.0 Å². The summed E-state index contributed by atoms with van der Waals surface area (Å²) in [5.74, 6) is -0.121. The number of hydrogen-bond acceptors (Lipinski definition) is 5. The predicted molar refractivity (Wildman–Crippen MR) is 130 cm³/mol. The van der Waals surface area contributed by atoms with Crippen molar-refractivity contribution in [2.75, 3.05) is 30.8 Å². The Kier molecular flexibility index (Phi) is 9.28. The van der Waals surface area contributed by atoms with Crippen LogP contribution in [0.25, 0.3) is 0 Å². The Hall–Kier alpha value is -3.07. The maximum Gasteiger partial charge on any atom is 0.244 e. The Labute approximate surface area is 196 Å². The van der Waals surface area contributed by atoms with E-state index >= 15 is 0 Å². The van der Waals surface area contributed by atoms with E-state index in [1.54, 1.807) is 43.5 Å². The van der Waals surface area contributed by atoms with E-state index in [9.17, 15) is 18.0 Å². The van der Waals surface area contributed by atoms with Gasteiger partial charge in [-0.3, -0.25) is 13.9 Å². The molecule has 0 heterocycles. The summed E-state index contributed by atoms with van der Waals surface area (Å²) in [5, 5.41) is 2.77. The summed E-state index contributed by atoms with van der Waals surface area (Å²) in [6.07, 6.45) is 1.45. The maximum atomic E-state index is 13.5. The van der Waals surface area contributed by atoms with E-state index < -0.39 is 28.5 Å². The zero-order valence-electron chi connectivity index (χ0n) is 19.9. The summed E-state index contributed by atoms with van der Waals surface area (Å²) in [7, 11) is -2.19. The van der Waals surface area contributed by atoms with Crippen molar-refractivity contribution in [3.8, 4) is 5.75 Å². The number of carbonyl (C=O) groups excluding carboxylic acids is 2. The molecule has 180 valence electrons. The molecule has 0 saturated heterocycles. The first-order chi connectivity index (χ1) is 15.6. The highest BCUT2D eigenvalue weighted by molar-refractivity contribution is 7.92. The number of amides is 2. The van der Waals surface area contributed by atoms with E-state index in [0.29, 0.717) is 24.4 Å². The Bertz CT molecular complexity index is 1070. The van der Waals surface area contributed by atoms with Crippen LogP contribution in [0, 0.1) is 6.92 Å². The van der Waals surface area contributed by atoms with Crippen molar-refractivity contribution in [2.45, 2.75) is 39.8 Å². The molecule has 1 N–H and O–H groups in total. The second-order valence-electron chi connectivity index (χ2n) is 7.80. The van der Waals surface area contributed by atoms with E-state index in [2.05, 4.69) is 5.32 Å². The van der Waals surface area contributed by atoms with Gasteiger partial charge in [0, 0.05) is 13.1 Å². The fourth-order valence-electron chi connectivity index (χ4n) is 3.58. The van der Waals surface area contributed by atoms with Crippen LogP contribution in [0.5, 0.6) is 5.75 Å². The number of sulfonamides is 1. The third-order valence-electron chi connectivity index (χ3n) is 5.19. The largest absolute Gasteiger partial charge is 0.497 e. The standard InChI is InChI=1S/C24H33N3O5S/c1-6-22(24(29)25-7-2)26(16-19-11-9-13-21(15-19)32-4)23(28)17-27(33(5,30)31)20-12-8-10-18(3)14-20/h8-15,22H,6-7,16-17H2,1-5H3,(H,25,29)/t22-/m0/s1. The second kappa shape index (κ2) is 11.7. The van der Waals surface area contributed by atoms with Gasteiger partial charge in [0.05, 0.1) is 19.1 Å². The first-order valence-corrected chi connectivity index (χ1v) is 12.7. The molecular weight excluding hydrogens is 442 g/mol. The number of nitrogens with zero attached hydrogens (tertiary/aromatic N) is 2. The minimum Gasteiger partial charge on any atom is -0.497 e. The van der Waals surface area contributed by atoms with E-state index in [-0.39, 0.29) is 12.5 Å². The monoisotopic (exact) mass is 475 g/mol. The molecule has 2 rings (SSSR count). The Morgan fingerprint density at radius 3 is 2.36 bits per heavy atom. The molecule has 0 aliphatic carbocycles. The number of anilines is 1. The molecule has 0 unspecified atom stereocenters. The van der Waals surface area contributed by atoms with Crippen molar-refractivity contribution in [1.82, 2.24) is 10.2 Å². The van der Waals surface area contributed by atoms with Crippen LogP contribution in [-0.4, -0.2) is 57.6 Å². The number of hydrogen-bond donors (Lipinski definition) is 1. The van der Waals surface area contributed by atoms with Crippen LogP contribution in [0.3, 0.4) is 0 Å². The lowest BCUT2D eigenvalue weighted by atomic mass is 10.1. The molecule has 0 bridgehead atoms. The lowest BCUT2D eigenvalue weighted by molar-refractivity contribution is -0.140. The van der Waals surface area contributed by atoms with Crippen LogP contribution in [0.1, 0.15) is 31.4 Å². The quantitative estimate of drug-likeness (QED) is 0.539. The van der Waals surface area contributed by atoms with Gasteiger partial charge in [-0.25, -0.2) is 8.42 Å². The van der Waals surface area contributed by atoms with E-state index in [1.807, 2.05) is 32.9 Å². The molecule has 2 aromatic rings. The van der Waals surface area contributed by atoms with Crippen LogP contribution < -0.4 is 14.4 Å². The molecule has 0 fully saturated rings. The van der Waals surface area contributed by atoms with Gasteiger partial charge in [-0.05, 0) is 55.7 Å². The van der Waals surface area contributed by atoms with Gasteiger partial charge in [0.15, 0.2) is 0 Å². The number of aryl methyl sites for hydroxylation is 1.